The molecule has 0 heterocycles. The molecule has 4 heteroatoms. The molecule has 0 unspecified atom stereocenters. The molecule has 0 saturated heterocycles. The predicted octanol–water partition coefficient (Wildman–Crippen LogP) is 5.37. The molecule has 0 aromatic heterocycles. The number of benzene rings is 2. The number of carbonyl (C=O) groups is 1. The Morgan fingerprint density at radius 2 is 1.80 bits per heavy atom. The van der Waals surface area contributed by atoms with E-state index in [9.17, 15) is 4.79 Å². The van der Waals surface area contributed by atoms with E-state index in [0.717, 1.165) is 18.4 Å². The summed E-state index contributed by atoms with van der Waals surface area (Å²) < 4.78 is 5.81. The van der Waals surface area contributed by atoms with E-state index in [2.05, 4.69) is 5.32 Å². The van der Waals surface area contributed by atoms with Gasteiger partial charge in [0.15, 0.2) is 0 Å². The lowest BCUT2D eigenvalue weighted by Crippen LogP contribution is -2.34. The van der Waals surface area contributed by atoms with Crippen LogP contribution < -0.4 is 10.1 Å². The lowest BCUT2D eigenvalue weighted by Gasteiger charge is -2.16. The van der Waals surface area contributed by atoms with Gasteiger partial charge in [0.1, 0.15) is 12.4 Å². The van der Waals surface area contributed by atoms with Crippen LogP contribution in [0.25, 0.3) is 0 Å². The molecule has 1 amide bonds. The van der Waals surface area contributed by atoms with E-state index in [4.69, 9.17) is 16.3 Å². The van der Waals surface area contributed by atoms with Crippen LogP contribution in [0, 0.1) is 0 Å². The standard InChI is InChI=1S/C21H24ClNO2/c22-20-13-6-5-8-17(20)15-25-19-12-7-9-16(14-19)21(24)23-18-10-3-1-2-4-11-18/h5-9,12-14,18H,1-4,10-11,15H2,(H,23,24). The van der Waals surface area contributed by atoms with Gasteiger partial charge in [-0.05, 0) is 37.1 Å². The number of nitrogens with one attached hydrogen (secondary N) is 1. The molecule has 1 N–H and O–H groups in total. The normalized spacial score (nSPS) is 15.4. The maximum atomic E-state index is 12.5. The van der Waals surface area contributed by atoms with Gasteiger partial charge in [0.25, 0.3) is 5.91 Å². The van der Waals surface area contributed by atoms with Crippen LogP contribution in [0.4, 0.5) is 0 Å². The molecule has 0 radical (unpaired) electrons. The van der Waals surface area contributed by atoms with E-state index < -0.39 is 0 Å². The maximum Gasteiger partial charge on any atom is 0.251 e. The first-order valence-corrected chi connectivity index (χ1v) is 9.37. The van der Waals surface area contributed by atoms with E-state index in [1.807, 2.05) is 42.5 Å². The van der Waals surface area contributed by atoms with Crippen LogP contribution in [0.2, 0.25) is 5.02 Å². The lowest BCUT2D eigenvalue weighted by molar-refractivity contribution is 0.0933. The van der Waals surface area contributed by atoms with Gasteiger partial charge >= 0.3 is 0 Å². The van der Waals surface area contributed by atoms with Crippen molar-refractivity contribution in [2.45, 2.75) is 51.2 Å². The number of hydrogen-bond donors (Lipinski definition) is 1. The highest BCUT2D eigenvalue weighted by molar-refractivity contribution is 6.31. The molecular weight excluding hydrogens is 334 g/mol. The van der Waals surface area contributed by atoms with Crippen molar-refractivity contribution in [2.24, 2.45) is 0 Å². The third kappa shape index (κ3) is 5.23. The molecule has 0 aliphatic heterocycles. The molecule has 2 aromatic carbocycles. The first-order chi connectivity index (χ1) is 12.2. The summed E-state index contributed by atoms with van der Waals surface area (Å²) in [7, 11) is 0. The third-order valence-corrected chi connectivity index (χ3v) is 5.01. The van der Waals surface area contributed by atoms with Crippen molar-refractivity contribution in [2.75, 3.05) is 0 Å². The van der Waals surface area contributed by atoms with Gasteiger partial charge in [-0.1, -0.05) is 61.5 Å². The van der Waals surface area contributed by atoms with Gasteiger partial charge in [-0.3, -0.25) is 4.79 Å². The number of rotatable bonds is 5. The smallest absolute Gasteiger partial charge is 0.251 e. The summed E-state index contributed by atoms with van der Waals surface area (Å²) in [6.07, 6.45) is 7.11. The number of halogens is 1. The fraction of sp³-hybridized carbons (Fsp3) is 0.381. The molecule has 3 rings (SSSR count). The van der Waals surface area contributed by atoms with Crippen molar-refractivity contribution in [1.29, 1.82) is 0 Å². The number of carbonyl (C=O) groups excluding carboxylic acids is 1. The Bertz CT molecular complexity index is 709. The SMILES string of the molecule is O=C(NC1CCCCCC1)c1cccc(OCc2ccccc2Cl)c1. The summed E-state index contributed by atoms with van der Waals surface area (Å²) in [5.74, 6) is 0.656. The highest BCUT2D eigenvalue weighted by Gasteiger charge is 2.16. The number of ether oxygens (including phenoxy) is 1. The highest BCUT2D eigenvalue weighted by Crippen LogP contribution is 2.21. The summed E-state index contributed by atoms with van der Waals surface area (Å²) in [5, 5.41) is 3.85. The maximum absolute atomic E-state index is 12.5. The Balaban J connectivity index is 1.60. The van der Waals surface area contributed by atoms with Crippen LogP contribution in [0.3, 0.4) is 0 Å². The van der Waals surface area contributed by atoms with Crippen molar-refractivity contribution >= 4 is 17.5 Å². The van der Waals surface area contributed by atoms with E-state index in [0.29, 0.717) is 29.0 Å². The minimum atomic E-state index is -0.0184. The van der Waals surface area contributed by atoms with Crippen molar-refractivity contribution in [3.63, 3.8) is 0 Å². The molecule has 1 aliphatic carbocycles. The summed E-state index contributed by atoms with van der Waals surface area (Å²) in [4.78, 5) is 12.5. The molecule has 0 atom stereocenters. The minimum absolute atomic E-state index is 0.0184. The van der Waals surface area contributed by atoms with Crippen LogP contribution in [-0.2, 0) is 6.61 Å². The van der Waals surface area contributed by atoms with E-state index in [-0.39, 0.29) is 5.91 Å². The van der Waals surface area contributed by atoms with Crippen molar-refractivity contribution in [1.82, 2.24) is 5.32 Å². The molecular formula is C21H24ClNO2. The molecule has 0 bridgehead atoms. The van der Waals surface area contributed by atoms with Gasteiger partial charge in [-0.15, -0.1) is 0 Å². The summed E-state index contributed by atoms with van der Waals surface area (Å²) >= 11 is 6.15. The van der Waals surface area contributed by atoms with Crippen LogP contribution in [0.1, 0.15) is 54.4 Å². The highest BCUT2D eigenvalue weighted by atomic mass is 35.5. The van der Waals surface area contributed by atoms with E-state index in [1.54, 1.807) is 6.07 Å². The quantitative estimate of drug-likeness (QED) is 0.730. The van der Waals surface area contributed by atoms with Gasteiger partial charge < -0.3 is 10.1 Å². The molecule has 0 spiro atoms. The second kappa shape index (κ2) is 8.91. The van der Waals surface area contributed by atoms with Gasteiger partial charge in [-0.2, -0.15) is 0 Å². The van der Waals surface area contributed by atoms with Crippen LogP contribution >= 0.6 is 11.6 Å². The fourth-order valence-corrected chi connectivity index (χ4v) is 3.39. The molecule has 25 heavy (non-hydrogen) atoms. The van der Waals surface area contributed by atoms with Gasteiger partial charge in [0.05, 0.1) is 0 Å². The number of hydrogen-bond acceptors (Lipinski definition) is 2. The molecule has 3 nitrogen and oxygen atoms in total. The topological polar surface area (TPSA) is 38.3 Å². The Morgan fingerprint density at radius 3 is 2.56 bits per heavy atom. The molecule has 132 valence electrons. The zero-order chi connectivity index (χ0) is 17.5. The summed E-state index contributed by atoms with van der Waals surface area (Å²) in [5.41, 5.74) is 1.57. The molecule has 2 aromatic rings. The van der Waals surface area contributed by atoms with Gasteiger partial charge in [0.2, 0.25) is 0 Å². The average Bonchev–Trinajstić information content (AvgIpc) is 2.90. The third-order valence-electron chi connectivity index (χ3n) is 4.64. The predicted molar refractivity (Wildman–Crippen MR) is 101 cm³/mol. The summed E-state index contributed by atoms with van der Waals surface area (Å²) in [6, 6.07) is 15.2. The molecule has 1 saturated carbocycles. The second-order valence-electron chi connectivity index (χ2n) is 6.57. The van der Waals surface area contributed by atoms with Crippen molar-refractivity contribution in [3.05, 3.63) is 64.7 Å². The molecule has 1 fully saturated rings. The second-order valence-corrected chi connectivity index (χ2v) is 6.98. The Labute approximate surface area is 154 Å². The average molecular weight is 358 g/mol. The van der Waals surface area contributed by atoms with Crippen molar-refractivity contribution < 1.29 is 9.53 Å². The Kier molecular flexibility index (Phi) is 6.35. The zero-order valence-corrected chi connectivity index (χ0v) is 15.1. The largest absolute Gasteiger partial charge is 0.489 e. The van der Waals surface area contributed by atoms with Crippen molar-refractivity contribution in [3.8, 4) is 5.75 Å². The molecule has 1 aliphatic rings. The van der Waals surface area contributed by atoms with Crippen LogP contribution in [-0.4, -0.2) is 11.9 Å². The van der Waals surface area contributed by atoms with Gasteiger partial charge in [-0.25, -0.2) is 0 Å². The fourth-order valence-electron chi connectivity index (χ4n) is 3.20. The minimum Gasteiger partial charge on any atom is -0.489 e. The summed E-state index contributed by atoms with van der Waals surface area (Å²) in [6.45, 7) is 0.382. The van der Waals surface area contributed by atoms with E-state index >= 15 is 0 Å². The monoisotopic (exact) mass is 357 g/mol. The first kappa shape index (κ1) is 17.8. The van der Waals surface area contributed by atoms with E-state index in [1.165, 1.54) is 25.7 Å². The Morgan fingerprint density at radius 1 is 1.04 bits per heavy atom. The lowest BCUT2D eigenvalue weighted by atomic mass is 10.1. The first-order valence-electron chi connectivity index (χ1n) is 8.99. The van der Waals surface area contributed by atoms with Crippen LogP contribution in [0.5, 0.6) is 5.75 Å². The zero-order valence-electron chi connectivity index (χ0n) is 14.3. The van der Waals surface area contributed by atoms with Gasteiger partial charge in [0, 0.05) is 22.2 Å². The van der Waals surface area contributed by atoms with Crippen LogP contribution in [0.15, 0.2) is 48.5 Å². The number of amides is 1. The Hall–Kier alpha value is -2.00.